The summed E-state index contributed by atoms with van der Waals surface area (Å²) in [5, 5.41) is 7.97. The number of nitrogens with one attached hydrogen (secondary N) is 2. The number of aromatic nitrogens is 1. The average Bonchev–Trinajstić information content (AvgIpc) is 3.28. The lowest BCUT2D eigenvalue weighted by molar-refractivity contribution is -0.140. The molecule has 0 radical (unpaired) electrons. The maximum absolute atomic E-state index is 12.7. The molecule has 2 N–H and O–H groups in total. The number of guanidine groups is 1. The molecule has 2 unspecified atom stereocenters. The van der Waals surface area contributed by atoms with Crippen molar-refractivity contribution in [2.75, 3.05) is 13.1 Å². The number of likely N-dealkylation sites (tertiary alicyclic amines) is 1. The van der Waals surface area contributed by atoms with Gasteiger partial charge < -0.3 is 10.6 Å². The second-order valence-corrected chi connectivity index (χ2v) is 8.10. The number of rotatable bonds is 6. The van der Waals surface area contributed by atoms with Gasteiger partial charge in [-0.2, -0.15) is 13.2 Å². The first kappa shape index (κ1) is 21.6. The number of thiazole rings is 1. The SMILES string of the molecule is CCNC(=NCc1nc(C(F)(F)F)cs1)NC1CC(C)N(Cc2ccccc2)C1. The van der Waals surface area contributed by atoms with Crippen LogP contribution < -0.4 is 10.6 Å². The van der Waals surface area contributed by atoms with Crippen LogP contribution in [0.1, 0.15) is 36.5 Å². The van der Waals surface area contributed by atoms with Crippen LogP contribution in [0.4, 0.5) is 13.2 Å². The van der Waals surface area contributed by atoms with Crippen LogP contribution in [0.15, 0.2) is 40.7 Å². The molecule has 3 rings (SSSR count). The molecular formula is C20H26F3N5S. The van der Waals surface area contributed by atoms with E-state index in [4.69, 9.17) is 0 Å². The Bertz CT molecular complexity index is 806. The van der Waals surface area contributed by atoms with E-state index < -0.39 is 11.9 Å². The van der Waals surface area contributed by atoms with E-state index in [9.17, 15) is 13.2 Å². The quantitative estimate of drug-likeness (QED) is 0.545. The molecule has 1 aromatic heterocycles. The highest BCUT2D eigenvalue weighted by atomic mass is 32.1. The van der Waals surface area contributed by atoms with Crippen molar-refractivity contribution in [2.45, 2.75) is 51.6 Å². The fourth-order valence-electron chi connectivity index (χ4n) is 3.42. The molecule has 0 amide bonds. The first-order valence-corrected chi connectivity index (χ1v) is 10.6. The van der Waals surface area contributed by atoms with Crippen LogP contribution in [0.25, 0.3) is 0 Å². The molecule has 29 heavy (non-hydrogen) atoms. The van der Waals surface area contributed by atoms with Crippen LogP contribution >= 0.6 is 11.3 Å². The van der Waals surface area contributed by atoms with Gasteiger partial charge >= 0.3 is 6.18 Å². The van der Waals surface area contributed by atoms with Gasteiger partial charge in [-0.05, 0) is 25.8 Å². The van der Waals surface area contributed by atoms with Gasteiger partial charge in [0.2, 0.25) is 0 Å². The van der Waals surface area contributed by atoms with E-state index in [1.807, 2.05) is 25.1 Å². The zero-order valence-electron chi connectivity index (χ0n) is 16.5. The Morgan fingerprint density at radius 1 is 1.31 bits per heavy atom. The molecule has 2 atom stereocenters. The normalized spacial score (nSPS) is 20.8. The van der Waals surface area contributed by atoms with Gasteiger partial charge in [0.1, 0.15) is 5.01 Å². The van der Waals surface area contributed by atoms with E-state index in [1.165, 1.54) is 5.56 Å². The lowest BCUT2D eigenvalue weighted by Crippen LogP contribution is -2.44. The number of alkyl halides is 3. The topological polar surface area (TPSA) is 52.6 Å². The predicted molar refractivity (Wildman–Crippen MR) is 110 cm³/mol. The summed E-state index contributed by atoms with van der Waals surface area (Å²) in [5.74, 6) is 0.606. The maximum Gasteiger partial charge on any atom is 0.434 e. The van der Waals surface area contributed by atoms with Crippen LogP contribution in [0, 0.1) is 0 Å². The van der Waals surface area contributed by atoms with Crippen molar-refractivity contribution in [1.82, 2.24) is 20.5 Å². The minimum absolute atomic E-state index is 0.117. The van der Waals surface area contributed by atoms with Crippen LogP contribution in [0.5, 0.6) is 0 Å². The number of benzene rings is 1. The van der Waals surface area contributed by atoms with Crippen molar-refractivity contribution in [3.8, 4) is 0 Å². The standard InChI is InChI=1S/C20H26F3N5S/c1-3-24-19(25-10-18-27-17(13-29-18)20(21,22)23)26-16-9-14(2)28(12-16)11-15-7-5-4-6-8-15/h4-8,13-14,16H,3,9-12H2,1-2H3,(H2,24,25,26). The van der Waals surface area contributed by atoms with Gasteiger partial charge in [-0.1, -0.05) is 30.3 Å². The molecule has 1 saturated heterocycles. The average molecular weight is 426 g/mol. The summed E-state index contributed by atoms with van der Waals surface area (Å²) in [4.78, 5) is 10.5. The third-order valence-corrected chi connectivity index (χ3v) is 5.67. The smallest absolute Gasteiger partial charge is 0.357 e. The third kappa shape index (κ3) is 6.17. The zero-order chi connectivity index (χ0) is 20.9. The third-order valence-electron chi connectivity index (χ3n) is 4.83. The van der Waals surface area contributed by atoms with Crippen molar-refractivity contribution in [1.29, 1.82) is 0 Å². The molecule has 1 aliphatic rings. The summed E-state index contributed by atoms with van der Waals surface area (Å²) in [6.45, 7) is 6.74. The first-order valence-electron chi connectivity index (χ1n) is 9.69. The van der Waals surface area contributed by atoms with Crippen LogP contribution in [0.3, 0.4) is 0 Å². The molecule has 0 spiro atoms. The van der Waals surface area contributed by atoms with Gasteiger partial charge in [0, 0.05) is 37.1 Å². The van der Waals surface area contributed by atoms with Gasteiger partial charge in [0.25, 0.3) is 0 Å². The van der Waals surface area contributed by atoms with Crippen LogP contribution in [-0.4, -0.2) is 41.0 Å². The van der Waals surface area contributed by atoms with E-state index in [2.05, 4.69) is 44.6 Å². The van der Waals surface area contributed by atoms with E-state index in [-0.39, 0.29) is 12.6 Å². The van der Waals surface area contributed by atoms with Crippen LogP contribution in [-0.2, 0) is 19.3 Å². The Kier molecular flexibility index (Phi) is 7.13. The zero-order valence-corrected chi connectivity index (χ0v) is 17.4. The molecule has 1 aliphatic heterocycles. The molecule has 0 saturated carbocycles. The summed E-state index contributed by atoms with van der Waals surface area (Å²) in [7, 11) is 0. The Balaban J connectivity index is 1.58. The fourth-order valence-corrected chi connectivity index (χ4v) is 4.14. The number of aliphatic imine (C=N–C) groups is 1. The largest absolute Gasteiger partial charge is 0.434 e. The number of hydrogen-bond donors (Lipinski definition) is 2. The summed E-state index contributed by atoms with van der Waals surface area (Å²) >= 11 is 0.979. The number of hydrogen-bond acceptors (Lipinski definition) is 4. The van der Waals surface area contributed by atoms with Gasteiger partial charge in [-0.3, -0.25) is 4.90 Å². The second-order valence-electron chi connectivity index (χ2n) is 7.16. The summed E-state index contributed by atoms with van der Waals surface area (Å²) in [5.41, 5.74) is 0.427. The molecule has 2 aromatic rings. The Morgan fingerprint density at radius 2 is 2.07 bits per heavy atom. The van der Waals surface area contributed by atoms with Crippen molar-refractivity contribution in [2.24, 2.45) is 4.99 Å². The van der Waals surface area contributed by atoms with E-state index in [1.54, 1.807) is 0 Å². The number of halogens is 3. The fraction of sp³-hybridized carbons (Fsp3) is 0.500. The summed E-state index contributed by atoms with van der Waals surface area (Å²) in [6, 6.07) is 11.0. The Labute approximate surface area is 173 Å². The van der Waals surface area contributed by atoms with Gasteiger partial charge in [0.15, 0.2) is 11.7 Å². The molecule has 0 bridgehead atoms. The highest BCUT2D eigenvalue weighted by molar-refractivity contribution is 7.09. The molecule has 0 aliphatic carbocycles. The van der Waals surface area contributed by atoms with Crippen molar-refractivity contribution in [3.05, 3.63) is 52.0 Å². The molecule has 2 heterocycles. The molecule has 9 heteroatoms. The molecule has 5 nitrogen and oxygen atoms in total. The Hall–Kier alpha value is -2.13. The minimum atomic E-state index is -4.41. The van der Waals surface area contributed by atoms with E-state index >= 15 is 0 Å². The van der Waals surface area contributed by atoms with E-state index in [0.29, 0.717) is 23.6 Å². The maximum atomic E-state index is 12.7. The highest BCUT2D eigenvalue weighted by Gasteiger charge is 2.33. The number of nitrogens with zero attached hydrogens (tertiary/aromatic N) is 3. The highest BCUT2D eigenvalue weighted by Crippen LogP contribution is 2.30. The second kappa shape index (κ2) is 9.58. The van der Waals surface area contributed by atoms with Gasteiger partial charge in [-0.25, -0.2) is 9.98 Å². The van der Waals surface area contributed by atoms with Crippen LogP contribution in [0.2, 0.25) is 0 Å². The minimum Gasteiger partial charge on any atom is -0.357 e. The van der Waals surface area contributed by atoms with Crippen molar-refractivity contribution < 1.29 is 13.2 Å². The van der Waals surface area contributed by atoms with E-state index in [0.717, 1.165) is 36.2 Å². The molecule has 1 aromatic carbocycles. The summed E-state index contributed by atoms with van der Waals surface area (Å²) in [6.07, 6.45) is -3.43. The molecule has 158 valence electrons. The van der Waals surface area contributed by atoms with Crippen molar-refractivity contribution >= 4 is 17.3 Å². The molecular weight excluding hydrogens is 399 g/mol. The summed E-state index contributed by atoms with van der Waals surface area (Å²) < 4.78 is 38.1. The Morgan fingerprint density at radius 3 is 2.72 bits per heavy atom. The first-order chi connectivity index (χ1) is 13.8. The lowest BCUT2D eigenvalue weighted by atomic mass is 10.2. The molecule has 1 fully saturated rings. The monoisotopic (exact) mass is 425 g/mol. The van der Waals surface area contributed by atoms with Gasteiger partial charge in [-0.15, -0.1) is 11.3 Å². The predicted octanol–water partition coefficient (Wildman–Crippen LogP) is 3.88. The van der Waals surface area contributed by atoms with Gasteiger partial charge in [0.05, 0.1) is 6.54 Å². The van der Waals surface area contributed by atoms with Crippen molar-refractivity contribution in [3.63, 3.8) is 0 Å². The lowest BCUT2D eigenvalue weighted by Gasteiger charge is -2.21.